The van der Waals surface area contributed by atoms with E-state index < -0.39 is 49.5 Å². The molecule has 0 saturated carbocycles. The molecule has 16 heteroatoms. The second-order valence-corrected chi connectivity index (χ2v) is 33.4. The van der Waals surface area contributed by atoms with Crippen molar-refractivity contribution in [1.82, 2.24) is 29.3 Å². The Hall–Kier alpha value is -2.32. The quantitative estimate of drug-likeness (QED) is 0.143. The second-order valence-electron chi connectivity index (χ2n) is 19.1. The Morgan fingerprint density at radius 2 is 1.52 bits per heavy atom. The molecule has 2 saturated heterocycles. The third-order valence-corrected chi connectivity index (χ3v) is 25.5. The smallest absolute Gasteiger partial charge is 0.254 e. The van der Waals surface area contributed by atoms with Crippen LogP contribution in [0.1, 0.15) is 85.3 Å². The number of aromatic nitrogens is 6. The van der Waals surface area contributed by atoms with Gasteiger partial charge in [-0.1, -0.05) is 62.3 Å². The molecule has 13 nitrogen and oxygen atoms in total. The number of nitrogens with one attached hydrogen (secondary N) is 1. The van der Waals surface area contributed by atoms with E-state index in [2.05, 4.69) is 112 Å². The number of carbonyl (C=O) groups is 1. The number of ether oxygens (including phenoxy) is 2. The molecule has 52 heavy (non-hydrogen) atoms. The molecule has 290 valence electrons. The van der Waals surface area contributed by atoms with E-state index in [4.69, 9.17) is 37.7 Å². The zero-order valence-corrected chi connectivity index (χ0v) is 37.2. The van der Waals surface area contributed by atoms with Crippen molar-refractivity contribution in [1.29, 1.82) is 0 Å². The maximum Gasteiger partial charge on any atom is 0.254 e. The Kier molecular flexibility index (Phi) is 11.3. The zero-order chi connectivity index (χ0) is 38.7. The van der Waals surface area contributed by atoms with Crippen LogP contribution in [0.5, 0.6) is 0 Å². The van der Waals surface area contributed by atoms with Gasteiger partial charge < -0.3 is 28.1 Å². The lowest BCUT2D eigenvalue weighted by Crippen LogP contribution is -2.54. The van der Waals surface area contributed by atoms with Crippen molar-refractivity contribution in [2.75, 3.05) is 25.1 Å². The van der Waals surface area contributed by atoms with E-state index >= 15 is 0 Å². The van der Waals surface area contributed by atoms with Crippen LogP contribution >= 0.6 is 0 Å². The van der Waals surface area contributed by atoms with Crippen LogP contribution in [-0.2, 0) is 22.8 Å². The predicted octanol–water partition coefficient (Wildman–Crippen LogP) is 7.73. The standard InChI is InChI=1S/C36H63N7O6Si3/c1-34(2,3)50(10,11)46-22-26-28(48-51(12,13)35(4,5)6)29(49-52(14,15)36(7,8)9)32(47-26)42-23-37-27-30(39-25-16-17-45-21-25)40-33(41-31(27)42)43-19-24(20-44)18-38-43/h18-20,23,25-26,28-29,32H,16-17,21-22H2,1-15H3,(H,39,40,41)/t25?,26-,28-,29-,32-/m1/s1. The first kappa shape index (κ1) is 40.9. The highest BCUT2D eigenvalue weighted by molar-refractivity contribution is 6.75. The van der Waals surface area contributed by atoms with Crippen molar-refractivity contribution in [3.63, 3.8) is 0 Å². The fourth-order valence-electron chi connectivity index (χ4n) is 5.52. The number of rotatable bonds is 12. The van der Waals surface area contributed by atoms with Crippen molar-refractivity contribution in [2.24, 2.45) is 0 Å². The second kappa shape index (κ2) is 14.4. The lowest BCUT2D eigenvalue weighted by Gasteiger charge is -2.44. The van der Waals surface area contributed by atoms with Crippen LogP contribution in [0.15, 0.2) is 18.7 Å². The molecule has 2 aliphatic heterocycles. The van der Waals surface area contributed by atoms with Crippen LogP contribution in [0.2, 0.25) is 54.4 Å². The molecule has 0 spiro atoms. The van der Waals surface area contributed by atoms with E-state index in [1.165, 1.54) is 10.9 Å². The molecule has 5 atom stereocenters. The molecule has 3 aromatic rings. The maximum absolute atomic E-state index is 11.6. The van der Waals surface area contributed by atoms with Gasteiger partial charge in [0, 0.05) is 12.8 Å². The average Bonchev–Trinajstić information content (AvgIpc) is 3.82. The number of aldehydes is 1. The molecule has 1 N–H and O–H groups in total. The summed E-state index contributed by atoms with van der Waals surface area (Å²) in [5.74, 6) is 0.861. The van der Waals surface area contributed by atoms with E-state index in [1.807, 2.05) is 4.57 Å². The highest BCUT2D eigenvalue weighted by atomic mass is 28.4. The third-order valence-electron chi connectivity index (χ3n) is 12.1. The van der Waals surface area contributed by atoms with Crippen LogP contribution in [0, 0.1) is 0 Å². The van der Waals surface area contributed by atoms with Gasteiger partial charge in [0.25, 0.3) is 5.95 Å². The highest BCUT2D eigenvalue weighted by Crippen LogP contribution is 2.47. The summed E-state index contributed by atoms with van der Waals surface area (Å²) in [5, 5.41) is 7.84. The Morgan fingerprint density at radius 3 is 2.06 bits per heavy atom. The summed E-state index contributed by atoms with van der Waals surface area (Å²) in [5.41, 5.74) is 1.57. The first-order valence-corrected chi connectivity index (χ1v) is 27.3. The highest BCUT2D eigenvalue weighted by Gasteiger charge is 2.55. The van der Waals surface area contributed by atoms with Crippen molar-refractivity contribution in [2.45, 2.75) is 154 Å². The fourth-order valence-corrected chi connectivity index (χ4v) is 9.14. The van der Waals surface area contributed by atoms with Crippen LogP contribution in [0.4, 0.5) is 5.82 Å². The van der Waals surface area contributed by atoms with Gasteiger partial charge in [0.05, 0.1) is 37.3 Å². The van der Waals surface area contributed by atoms with Gasteiger partial charge in [-0.3, -0.25) is 9.36 Å². The van der Waals surface area contributed by atoms with Crippen molar-refractivity contribution in [3.8, 4) is 5.95 Å². The summed E-state index contributed by atoms with van der Waals surface area (Å²) in [6.45, 7) is 35.5. The van der Waals surface area contributed by atoms with Gasteiger partial charge in [-0.2, -0.15) is 15.1 Å². The van der Waals surface area contributed by atoms with E-state index in [1.54, 1.807) is 12.5 Å². The molecule has 5 heterocycles. The largest absolute Gasteiger partial charge is 0.414 e. The number of hydrogen-bond acceptors (Lipinski definition) is 11. The van der Waals surface area contributed by atoms with Gasteiger partial charge in [-0.05, 0) is 60.8 Å². The molecule has 2 aliphatic rings. The van der Waals surface area contributed by atoms with Crippen molar-refractivity contribution < 1.29 is 27.5 Å². The van der Waals surface area contributed by atoms with E-state index in [0.717, 1.165) is 12.7 Å². The molecule has 3 aromatic heterocycles. The summed E-state index contributed by atoms with van der Waals surface area (Å²) in [6.07, 6.45) is 4.56. The predicted molar refractivity (Wildman–Crippen MR) is 212 cm³/mol. The SMILES string of the molecule is CC(C)(C)[Si](C)(C)OC[C@H]1O[C@@H](n2cnc3c(NC4CCOC4)nc(-n4cc(C=O)cn4)nc32)[C@H](O[Si](C)(C)C(C)(C)C)[C@@H]1O[Si](C)(C)C(C)(C)C. The molecular formula is C36H63N7O6Si3. The maximum atomic E-state index is 11.6. The Morgan fingerprint density at radius 1 is 0.904 bits per heavy atom. The summed E-state index contributed by atoms with van der Waals surface area (Å²) in [7, 11) is -6.88. The topological polar surface area (TPSA) is 137 Å². The third kappa shape index (κ3) is 8.33. The molecule has 1 unspecified atom stereocenters. The van der Waals surface area contributed by atoms with Crippen LogP contribution in [0.3, 0.4) is 0 Å². The number of carbonyl (C=O) groups excluding carboxylic acids is 1. The fraction of sp³-hybridized carbons (Fsp3) is 0.750. The van der Waals surface area contributed by atoms with E-state index in [0.29, 0.717) is 48.3 Å². The van der Waals surface area contributed by atoms with Gasteiger partial charge in [0.1, 0.15) is 18.3 Å². The molecule has 0 amide bonds. The minimum absolute atomic E-state index is 0.0235. The monoisotopic (exact) mass is 773 g/mol. The molecule has 5 rings (SSSR count). The van der Waals surface area contributed by atoms with Gasteiger partial charge in [-0.15, -0.1) is 0 Å². The number of fused-ring (bicyclic) bond motifs is 1. The van der Waals surface area contributed by atoms with Gasteiger partial charge in [-0.25, -0.2) is 9.67 Å². The summed E-state index contributed by atoms with van der Waals surface area (Å²) >= 11 is 0. The van der Waals surface area contributed by atoms with Gasteiger partial charge >= 0.3 is 0 Å². The lowest BCUT2D eigenvalue weighted by atomic mass is 10.1. The van der Waals surface area contributed by atoms with Crippen LogP contribution in [-0.4, -0.2) is 105 Å². The molecule has 0 aliphatic carbocycles. The Labute approximate surface area is 313 Å². The molecular weight excluding hydrogens is 711 g/mol. The van der Waals surface area contributed by atoms with E-state index in [-0.39, 0.29) is 21.2 Å². The number of imidazole rings is 1. The van der Waals surface area contributed by atoms with E-state index in [9.17, 15) is 4.79 Å². The minimum Gasteiger partial charge on any atom is -0.414 e. The molecule has 0 bridgehead atoms. The van der Waals surface area contributed by atoms with Crippen LogP contribution < -0.4 is 5.32 Å². The number of anilines is 1. The number of hydrogen-bond donors (Lipinski definition) is 1. The molecule has 0 aromatic carbocycles. The molecule has 0 radical (unpaired) electrons. The Bertz CT molecular complexity index is 1720. The van der Waals surface area contributed by atoms with Crippen molar-refractivity contribution >= 4 is 48.2 Å². The van der Waals surface area contributed by atoms with Crippen molar-refractivity contribution in [3.05, 3.63) is 24.3 Å². The van der Waals surface area contributed by atoms with Crippen LogP contribution in [0.25, 0.3) is 17.1 Å². The lowest BCUT2D eigenvalue weighted by molar-refractivity contribution is -0.0470. The summed E-state index contributed by atoms with van der Waals surface area (Å²) in [6, 6.07) is 0.0656. The molecule has 2 fully saturated rings. The van der Waals surface area contributed by atoms with Gasteiger partial charge in [0.15, 0.2) is 54.4 Å². The van der Waals surface area contributed by atoms with Gasteiger partial charge in [0.2, 0.25) is 0 Å². The Balaban J connectivity index is 1.68. The minimum atomic E-state index is -2.39. The first-order valence-electron chi connectivity index (χ1n) is 18.6. The zero-order valence-electron chi connectivity index (χ0n) is 34.2. The summed E-state index contributed by atoms with van der Waals surface area (Å²) < 4.78 is 37.9. The summed E-state index contributed by atoms with van der Waals surface area (Å²) in [4.78, 5) is 26.3. The number of nitrogens with zero attached hydrogens (tertiary/aromatic N) is 6. The normalized spacial score (nSPS) is 23.9. The average molecular weight is 774 g/mol. The first-order chi connectivity index (χ1) is 23.8.